The number of amidine groups is 1. The molecule has 0 fully saturated rings. The summed E-state index contributed by atoms with van der Waals surface area (Å²) in [7, 11) is 0. The Hall–Kier alpha value is -1.75. The molecule has 1 aromatic carbocycles. The summed E-state index contributed by atoms with van der Waals surface area (Å²) >= 11 is 1.07. The van der Waals surface area contributed by atoms with E-state index in [0.29, 0.717) is 5.84 Å². The van der Waals surface area contributed by atoms with Crippen molar-refractivity contribution < 1.29 is 4.79 Å². The van der Waals surface area contributed by atoms with Crippen molar-refractivity contribution in [2.45, 2.75) is 13.8 Å². The van der Waals surface area contributed by atoms with E-state index in [1.165, 1.54) is 5.69 Å². The molecule has 0 aliphatic carbocycles. The van der Waals surface area contributed by atoms with Crippen LogP contribution in [0.5, 0.6) is 0 Å². The Labute approximate surface area is 117 Å². The van der Waals surface area contributed by atoms with Crippen LogP contribution in [0.4, 0.5) is 10.5 Å². The van der Waals surface area contributed by atoms with Crippen LogP contribution in [-0.4, -0.2) is 24.2 Å². The van der Waals surface area contributed by atoms with Crippen LogP contribution in [-0.2, 0) is 0 Å². The fourth-order valence-electron chi connectivity index (χ4n) is 1.95. The molecule has 2 rings (SSSR count). The molecule has 100 valence electrons. The van der Waals surface area contributed by atoms with Crippen LogP contribution in [0.25, 0.3) is 6.08 Å². The van der Waals surface area contributed by atoms with Crippen LogP contribution in [0.2, 0.25) is 0 Å². The van der Waals surface area contributed by atoms with Crippen LogP contribution in [0.3, 0.4) is 0 Å². The third-order valence-corrected chi connectivity index (χ3v) is 3.79. The Balaban J connectivity index is 2.18. The van der Waals surface area contributed by atoms with Crippen molar-refractivity contribution in [3.63, 3.8) is 0 Å². The first kappa shape index (κ1) is 13.7. The van der Waals surface area contributed by atoms with E-state index in [9.17, 15) is 4.79 Å². The monoisotopic (exact) mass is 275 g/mol. The second-order valence-electron chi connectivity index (χ2n) is 4.14. The minimum atomic E-state index is -0.247. The summed E-state index contributed by atoms with van der Waals surface area (Å²) < 4.78 is 0. The van der Waals surface area contributed by atoms with Crippen molar-refractivity contribution in [1.82, 2.24) is 0 Å². The van der Waals surface area contributed by atoms with E-state index in [1.54, 1.807) is 0 Å². The molecule has 0 saturated carbocycles. The molecule has 5 heteroatoms. The molecule has 0 saturated heterocycles. The fourth-order valence-corrected chi connectivity index (χ4v) is 2.62. The Kier molecular flexibility index (Phi) is 4.27. The van der Waals surface area contributed by atoms with E-state index in [2.05, 4.69) is 35.9 Å². The molecule has 1 aromatic rings. The first-order chi connectivity index (χ1) is 9.13. The number of hydrogen-bond acceptors (Lipinski definition) is 4. The highest BCUT2D eigenvalue weighted by molar-refractivity contribution is 8.18. The van der Waals surface area contributed by atoms with E-state index in [4.69, 9.17) is 5.73 Å². The molecule has 0 aromatic heterocycles. The van der Waals surface area contributed by atoms with Gasteiger partial charge in [-0.05, 0) is 49.4 Å². The van der Waals surface area contributed by atoms with Crippen LogP contribution in [0.15, 0.2) is 34.2 Å². The zero-order valence-corrected chi connectivity index (χ0v) is 11.9. The zero-order valence-electron chi connectivity index (χ0n) is 11.1. The Morgan fingerprint density at radius 3 is 2.37 bits per heavy atom. The Morgan fingerprint density at radius 2 is 1.89 bits per heavy atom. The lowest BCUT2D eigenvalue weighted by Crippen LogP contribution is -2.21. The highest BCUT2D eigenvalue weighted by Gasteiger charge is 2.18. The molecule has 0 unspecified atom stereocenters. The van der Waals surface area contributed by atoms with E-state index >= 15 is 0 Å². The molecule has 0 spiro atoms. The molecule has 0 atom stereocenters. The van der Waals surface area contributed by atoms with E-state index in [1.807, 2.05) is 18.2 Å². The number of carbonyl (C=O) groups is 1. The maximum Gasteiger partial charge on any atom is 0.311 e. The number of amides is 1. The van der Waals surface area contributed by atoms with Gasteiger partial charge >= 0.3 is 5.24 Å². The number of thioether (sulfide) groups is 1. The van der Waals surface area contributed by atoms with E-state index < -0.39 is 0 Å². The van der Waals surface area contributed by atoms with Gasteiger partial charge in [-0.3, -0.25) is 4.79 Å². The molecule has 1 aliphatic rings. The second kappa shape index (κ2) is 5.93. The predicted molar refractivity (Wildman–Crippen MR) is 82.6 cm³/mol. The van der Waals surface area contributed by atoms with E-state index in [-0.39, 0.29) is 5.24 Å². The number of anilines is 1. The van der Waals surface area contributed by atoms with Gasteiger partial charge in [-0.2, -0.15) is 4.99 Å². The summed E-state index contributed by atoms with van der Waals surface area (Å²) in [6.45, 7) is 6.25. The second-order valence-corrected chi connectivity index (χ2v) is 5.13. The molecule has 0 radical (unpaired) electrons. The topological polar surface area (TPSA) is 58.7 Å². The fraction of sp³-hybridized carbons (Fsp3) is 0.286. The highest BCUT2D eigenvalue weighted by atomic mass is 32.2. The lowest BCUT2D eigenvalue weighted by atomic mass is 10.1. The van der Waals surface area contributed by atoms with Crippen molar-refractivity contribution in [2.75, 3.05) is 18.0 Å². The number of hydrogen-bond donors (Lipinski definition) is 1. The summed E-state index contributed by atoms with van der Waals surface area (Å²) in [6.07, 6.45) is 1.89. The van der Waals surface area contributed by atoms with Crippen molar-refractivity contribution in [2.24, 2.45) is 10.7 Å². The number of carbonyl (C=O) groups excluding carboxylic acids is 1. The molecule has 4 nitrogen and oxygen atoms in total. The number of nitrogens with zero attached hydrogens (tertiary/aromatic N) is 2. The summed E-state index contributed by atoms with van der Waals surface area (Å²) in [5, 5.41) is -0.247. The average Bonchev–Trinajstić information content (AvgIpc) is 2.71. The first-order valence-corrected chi connectivity index (χ1v) is 7.08. The van der Waals surface area contributed by atoms with E-state index in [0.717, 1.165) is 35.3 Å². The van der Waals surface area contributed by atoms with Gasteiger partial charge in [-0.15, -0.1) is 0 Å². The van der Waals surface area contributed by atoms with Crippen molar-refractivity contribution in [1.29, 1.82) is 0 Å². The number of aliphatic imine (C=N–C) groups is 1. The van der Waals surface area contributed by atoms with Gasteiger partial charge in [0.2, 0.25) is 0 Å². The Bertz CT molecular complexity index is 530. The molecule has 1 amide bonds. The van der Waals surface area contributed by atoms with Gasteiger partial charge < -0.3 is 10.6 Å². The Morgan fingerprint density at radius 1 is 1.26 bits per heavy atom. The molecular weight excluding hydrogens is 258 g/mol. The van der Waals surface area contributed by atoms with Gasteiger partial charge in [0.25, 0.3) is 0 Å². The third-order valence-electron chi connectivity index (χ3n) is 2.98. The van der Waals surface area contributed by atoms with Crippen molar-refractivity contribution in [3.8, 4) is 0 Å². The summed E-state index contributed by atoms with van der Waals surface area (Å²) in [6, 6.07) is 8.21. The van der Waals surface area contributed by atoms with Gasteiger partial charge in [0.05, 0.1) is 4.91 Å². The molecule has 19 heavy (non-hydrogen) atoms. The largest absolute Gasteiger partial charge is 0.383 e. The minimum absolute atomic E-state index is 0.247. The van der Waals surface area contributed by atoms with Crippen LogP contribution in [0, 0.1) is 0 Å². The molecular formula is C14H17N3OS. The van der Waals surface area contributed by atoms with Gasteiger partial charge in [-0.25, -0.2) is 0 Å². The predicted octanol–water partition coefficient (Wildman–Crippen LogP) is 3.10. The smallest absolute Gasteiger partial charge is 0.311 e. The lowest BCUT2D eigenvalue weighted by Gasteiger charge is -2.20. The minimum Gasteiger partial charge on any atom is -0.383 e. The maximum absolute atomic E-state index is 11.1. The van der Waals surface area contributed by atoms with Gasteiger partial charge in [0, 0.05) is 18.8 Å². The van der Waals surface area contributed by atoms with Crippen molar-refractivity contribution in [3.05, 3.63) is 34.7 Å². The van der Waals surface area contributed by atoms with Crippen LogP contribution >= 0.6 is 11.8 Å². The average molecular weight is 275 g/mol. The van der Waals surface area contributed by atoms with Crippen LogP contribution in [0.1, 0.15) is 19.4 Å². The summed E-state index contributed by atoms with van der Waals surface area (Å²) in [5.74, 6) is 0.308. The van der Waals surface area contributed by atoms with Gasteiger partial charge in [0.1, 0.15) is 5.84 Å². The maximum atomic E-state index is 11.1. The molecule has 2 N–H and O–H groups in total. The number of nitrogens with two attached hydrogens (primary N) is 1. The highest BCUT2D eigenvalue weighted by Crippen LogP contribution is 2.27. The third kappa shape index (κ3) is 3.17. The first-order valence-electron chi connectivity index (χ1n) is 6.27. The number of rotatable bonds is 4. The van der Waals surface area contributed by atoms with Gasteiger partial charge in [-0.1, -0.05) is 12.1 Å². The molecule has 1 aliphatic heterocycles. The standard InChI is InChI=1S/C14H17N3OS/c1-3-17(4-2)11-7-5-10(6-8-11)9-12-13(15)16-14(18)19-12/h5-9H,3-4H2,1-2H3,(H2,15,16,18)/b12-9-. The molecule has 1 heterocycles. The zero-order chi connectivity index (χ0) is 13.8. The van der Waals surface area contributed by atoms with Crippen molar-refractivity contribution >= 4 is 34.6 Å². The summed E-state index contributed by atoms with van der Waals surface area (Å²) in [5.41, 5.74) is 7.89. The summed E-state index contributed by atoms with van der Waals surface area (Å²) in [4.78, 5) is 17.8. The quantitative estimate of drug-likeness (QED) is 0.917. The number of benzene rings is 1. The SMILES string of the molecule is CCN(CC)c1ccc(/C=C2\SC(=O)N=C2N)cc1. The normalized spacial score (nSPS) is 16.8. The van der Waals surface area contributed by atoms with Crippen LogP contribution < -0.4 is 10.6 Å². The lowest BCUT2D eigenvalue weighted by molar-refractivity contribution is 0.268. The molecule has 0 bridgehead atoms. The van der Waals surface area contributed by atoms with Gasteiger partial charge in [0.15, 0.2) is 0 Å².